The topological polar surface area (TPSA) is 87.5 Å². The average Bonchev–Trinajstić information content (AvgIpc) is 3.30. The van der Waals surface area contributed by atoms with Crippen LogP contribution in [0.4, 0.5) is 11.4 Å². The summed E-state index contributed by atoms with van der Waals surface area (Å²) in [5.41, 5.74) is 7.56. The molecule has 4 N–H and O–H groups in total. The highest BCUT2D eigenvalue weighted by Crippen LogP contribution is 2.33. The highest BCUT2D eigenvalue weighted by Gasteiger charge is 2.45. The third kappa shape index (κ3) is 5.84. The zero-order chi connectivity index (χ0) is 17.2. The summed E-state index contributed by atoms with van der Waals surface area (Å²) in [6.45, 7) is 4.33. The first kappa shape index (κ1) is 22.7. The van der Waals surface area contributed by atoms with Crippen molar-refractivity contribution >= 4 is 48.0 Å². The van der Waals surface area contributed by atoms with Crippen LogP contribution in [0.15, 0.2) is 18.2 Å². The van der Waals surface area contributed by atoms with Gasteiger partial charge in [-0.2, -0.15) is 0 Å². The fourth-order valence-corrected chi connectivity index (χ4v) is 2.96. The van der Waals surface area contributed by atoms with Crippen molar-refractivity contribution in [1.82, 2.24) is 4.90 Å². The molecule has 2 amide bonds. The van der Waals surface area contributed by atoms with Crippen molar-refractivity contribution in [3.63, 3.8) is 0 Å². The molecule has 146 valence electrons. The third-order valence-corrected chi connectivity index (χ3v) is 4.83. The van der Waals surface area contributed by atoms with Crippen LogP contribution in [0.25, 0.3) is 0 Å². The average molecular weight is 403 g/mol. The standard InChI is InChI=1S/C18H26N4O2.2ClH/c1-13-5-6-14(20-17(24)18(19)7-8-18)11-15(13)21-16(23)12-22-9-3-2-4-10-22;;/h5-6,11H,2-4,7-10,12,19H2,1H3,(H,20,24)(H,21,23);2*1H. The van der Waals surface area contributed by atoms with E-state index in [2.05, 4.69) is 15.5 Å². The van der Waals surface area contributed by atoms with E-state index in [4.69, 9.17) is 5.73 Å². The highest BCUT2D eigenvalue weighted by atomic mass is 35.5. The van der Waals surface area contributed by atoms with Gasteiger partial charge in [-0.25, -0.2) is 0 Å². The molecule has 26 heavy (non-hydrogen) atoms. The molecule has 1 heterocycles. The Morgan fingerprint density at radius 1 is 1.12 bits per heavy atom. The first-order valence-electron chi connectivity index (χ1n) is 8.69. The van der Waals surface area contributed by atoms with Gasteiger partial charge in [-0.05, 0) is 63.4 Å². The quantitative estimate of drug-likeness (QED) is 0.706. The van der Waals surface area contributed by atoms with Gasteiger partial charge in [0.05, 0.1) is 12.1 Å². The number of carbonyl (C=O) groups excluding carboxylic acids is 2. The molecule has 3 rings (SSSR count). The molecule has 1 saturated carbocycles. The molecule has 0 radical (unpaired) electrons. The second kappa shape index (κ2) is 9.55. The monoisotopic (exact) mass is 402 g/mol. The second-order valence-corrected chi connectivity index (χ2v) is 7.02. The van der Waals surface area contributed by atoms with Gasteiger partial charge in [0, 0.05) is 11.4 Å². The van der Waals surface area contributed by atoms with Crippen LogP contribution >= 0.6 is 24.8 Å². The number of rotatable bonds is 5. The predicted octanol–water partition coefficient (Wildman–Crippen LogP) is 2.69. The molecule has 0 aromatic heterocycles. The van der Waals surface area contributed by atoms with E-state index in [0.29, 0.717) is 12.2 Å². The normalized spacial score (nSPS) is 18.1. The Hall–Kier alpha value is -1.34. The molecule has 0 spiro atoms. The molecule has 2 aliphatic rings. The fourth-order valence-electron chi connectivity index (χ4n) is 2.96. The lowest BCUT2D eigenvalue weighted by Crippen LogP contribution is -2.38. The summed E-state index contributed by atoms with van der Waals surface area (Å²) in [6, 6.07) is 5.52. The number of nitrogens with two attached hydrogens (primary N) is 1. The van der Waals surface area contributed by atoms with E-state index in [1.54, 1.807) is 6.07 Å². The van der Waals surface area contributed by atoms with E-state index in [1.807, 2.05) is 19.1 Å². The van der Waals surface area contributed by atoms with Crippen molar-refractivity contribution in [3.8, 4) is 0 Å². The number of carbonyl (C=O) groups is 2. The number of halogens is 2. The summed E-state index contributed by atoms with van der Waals surface area (Å²) < 4.78 is 0. The zero-order valence-corrected chi connectivity index (χ0v) is 16.7. The fraction of sp³-hybridized carbons (Fsp3) is 0.556. The Morgan fingerprint density at radius 2 is 1.77 bits per heavy atom. The first-order valence-corrected chi connectivity index (χ1v) is 8.69. The molecular formula is C18H28Cl2N4O2. The summed E-state index contributed by atoms with van der Waals surface area (Å²) in [5.74, 6) is -0.169. The molecular weight excluding hydrogens is 375 g/mol. The number of aryl methyl sites for hydroxylation is 1. The third-order valence-electron chi connectivity index (χ3n) is 4.83. The smallest absolute Gasteiger partial charge is 0.244 e. The van der Waals surface area contributed by atoms with Crippen LogP contribution in [-0.2, 0) is 9.59 Å². The number of anilines is 2. The molecule has 1 aliphatic heterocycles. The van der Waals surface area contributed by atoms with Crippen molar-refractivity contribution in [1.29, 1.82) is 0 Å². The maximum Gasteiger partial charge on any atom is 0.244 e. The highest BCUT2D eigenvalue weighted by molar-refractivity contribution is 6.01. The number of hydrogen-bond acceptors (Lipinski definition) is 4. The van der Waals surface area contributed by atoms with E-state index in [9.17, 15) is 9.59 Å². The van der Waals surface area contributed by atoms with E-state index < -0.39 is 5.54 Å². The first-order chi connectivity index (χ1) is 11.5. The summed E-state index contributed by atoms with van der Waals surface area (Å²) in [5, 5.41) is 5.80. The van der Waals surface area contributed by atoms with Crippen LogP contribution in [0.3, 0.4) is 0 Å². The van der Waals surface area contributed by atoms with Crippen molar-refractivity contribution < 1.29 is 9.59 Å². The van der Waals surface area contributed by atoms with E-state index in [1.165, 1.54) is 6.42 Å². The Morgan fingerprint density at radius 3 is 2.38 bits per heavy atom. The summed E-state index contributed by atoms with van der Waals surface area (Å²) in [6.07, 6.45) is 5.03. The minimum atomic E-state index is -0.706. The maximum atomic E-state index is 12.3. The minimum absolute atomic E-state index is 0. The molecule has 0 atom stereocenters. The summed E-state index contributed by atoms with van der Waals surface area (Å²) in [7, 11) is 0. The second-order valence-electron chi connectivity index (χ2n) is 7.02. The summed E-state index contributed by atoms with van der Waals surface area (Å²) in [4.78, 5) is 26.5. The van der Waals surface area contributed by atoms with E-state index in [-0.39, 0.29) is 36.6 Å². The van der Waals surface area contributed by atoms with E-state index >= 15 is 0 Å². The lowest BCUT2D eigenvalue weighted by atomic mass is 10.1. The van der Waals surface area contributed by atoms with Gasteiger partial charge >= 0.3 is 0 Å². The van der Waals surface area contributed by atoms with Crippen LogP contribution in [0.2, 0.25) is 0 Å². The zero-order valence-electron chi connectivity index (χ0n) is 15.0. The van der Waals surface area contributed by atoms with Crippen LogP contribution in [0.1, 0.15) is 37.7 Å². The van der Waals surface area contributed by atoms with Crippen LogP contribution in [0.5, 0.6) is 0 Å². The SMILES string of the molecule is Cc1ccc(NC(=O)C2(N)CC2)cc1NC(=O)CN1CCCCC1.Cl.Cl. The number of nitrogens with one attached hydrogen (secondary N) is 2. The minimum Gasteiger partial charge on any atom is -0.325 e. The van der Waals surface area contributed by atoms with Gasteiger partial charge in [-0.1, -0.05) is 12.5 Å². The van der Waals surface area contributed by atoms with Gasteiger partial charge in [0.15, 0.2) is 0 Å². The molecule has 1 aromatic carbocycles. The predicted molar refractivity (Wildman–Crippen MR) is 109 cm³/mol. The molecule has 1 saturated heterocycles. The lowest BCUT2D eigenvalue weighted by molar-refractivity contribution is -0.118. The van der Waals surface area contributed by atoms with Crippen molar-refractivity contribution in [2.75, 3.05) is 30.3 Å². The van der Waals surface area contributed by atoms with Gasteiger partial charge < -0.3 is 16.4 Å². The van der Waals surface area contributed by atoms with Crippen LogP contribution in [0, 0.1) is 6.92 Å². The van der Waals surface area contributed by atoms with Gasteiger partial charge in [0.1, 0.15) is 0 Å². The van der Waals surface area contributed by atoms with E-state index in [0.717, 1.165) is 50.0 Å². The molecule has 1 aliphatic carbocycles. The number of amides is 2. The number of hydrogen-bond donors (Lipinski definition) is 3. The maximum absolute atomic E-state index is 12.3. The van der Waals surface area contributed by atoms with Gasteiger partial charge in [0.2, 0.25) is 11.8 Å². The Bertz CT molecular complexity index is 644. The molecule has 1 aromatic rings. The van der Waals surface area contributed by atoms with Crippen LogP contribution in [-0.4, -0.2) is 41.9 Å². The number of nitrogens with zero attached hydrogens (tertiary/aromatic N) is 1. The van der Waals surface area contributed by atoms with Crippen LogP contribution < -0.4 is 16.4 Å². The molecule has 0 unspecified atom stereocenters. The van der Waals surface area contributed by atoms with Gasteiger partial charge in [-0.15, -0.1) is 24.8 Å². The number of piperidine rings is 1. The number of benzene rings is 1. The van der Waals surface area contributed by atoms with Crippen molar-refractivity contribution in [3.05, 3.63) is 23.8 Å². The van der Waals surface area contributed by atoms with Crippen molar-refractivity contribution in [2.45, 2.75) is 44.6 Å². The molecule has 6 nitrogen and oxygen atoms in total. The Kier molecular flexibility index (Phi) is 8.34. The largest absolute Gasteiger partial charge is 0.325 e. The number of likely N-dealkylation sites (tertiary alicyclic amines) is 1. The Balaban J connectivity index is 0.00000169. The van der Waals surface area contributed by atoms with Gasteiger partial charge in [-0.3, -0.25) is 14.5 Å². The lowest BCUT2D eigenvalue weighted by Gasteiger charge is -2.25. The van der Waals surface area contributed by atoms with Gasteiger partial charge in [0.25, 0.3) is 0 Å². The molecule has 8 heteroatoms. The summed E-state index contributed by atoms with van der Waals surface area (Å²) >= 11 is 0. The molecule has 0 bridgehead atoms. The molecule has 2 fully saturated rings. The Labute approximate surface area is 167 Å². The van der Waals surface area contributed by atoms with Crippen molar-refractivity contribution in [2.24, 2.45) is 5.73 Å².